The van der Waals surface area contributed by atoms with E-state index < -0.39 is 5.97 Å². The van der Waals surface area contributed by atoms with Gasteiger partial charge >= 0.3 is 5.97 Å². The van der Waals surface area contributed by atoms with Gasteiger partial charge < -0.3 is 15.0 Å². The highest BCUT2D eigenvalue weighted by atomic mass is 32.1. The molecule has 1 aromatic heterocycles. The Morgan fingerprint density at radius 1 is 1.61 bits per heavy atom. The van der Waals surface area contributed by atoms with Crippen molar-refractivity contribution in [2.24, 2.45) is 0 Å². The molecule has 1 N–H and O–H groups in total. The normalized spacial score (nSPS) is 16.1. The van der Waals surface area contributed by atoms with Gasteiger partial charge in [-0.3, -0.25) is 4.79 Å². The molecule has 7 heteroatoms. The maximum absolute atomic E-state index is 11.5. The monoisotopic (exact) mass is 269 g/mol. The summed E-state index contributed by atoms with van der Waals surface area (Å²) in [6, 6.07) is 0. The van der Waals surface area contributed by atoms with E-state index in [9.17, 15) is 9.59 Å². The molecule has 6 nitrogen and oxygen atoms in total. The number of esters is 1. The van der Waals surface area contributed by atoms with E-state index >= 15 is 0 Å². The Kier molecular flexibility index (Phi) is 4.14. The second-order valence-electron chi connectivity index (χ2n) is 3.82. The van der Waals surface area contributed by atoms with Gasteiger partial charge in [-0.05, 0) is 6.92 Å². The second-order valence-corrected chi connectivity index (χ2v) is 4.66. The zero-order valence-electron chi connectivity index (χ0n) is 10.1. The summed E-state index contributed by atoms with van der Waals surface area (Å²) >= 11 is 1.40. The van der Waals surface area contributed by atoms with Gasteiger partial charge in [-0.15, -0.1) is 11.3 Å². The molecule has 0 bridgehead atoms. The molecule has 1 saturated heterocycles. The first-order valence-electron chi connectivity index (χ1n) is 5.85. The first-order valence-corrected chi connectivity index (χ1v) is 6.73. The molecular weight excluding hydrogens is 254 g/mol. The van der Waals surface area contributed by atoms with Crippen LogP contribution < -0.4 is 10.2 Å². The molecule has 1 amide bonds. The van der Waals surface area contributed by atoms with Crippen molar-refractivity contribution in [3.05, 3.63) is 11.1 Å². The molecule has 1 fully saturated rings. The van der Waals surface area contributed by atoms with Gasteiger partial charge in [0.1, 0.15) is 0 Å². The van der Waals surface area contributed by atoms with Crippen molar-refractivity contribution in [1.29, 1.82) is 0 Å². The summed E-state index contributed by atoms with van der Waals surface area (Å²) in [5.74, 6) is -0.344. The summed E-state index contributed by atoms with van der Waals surface area (Å²) in [5.41, 5.74) is 0.334. The number of carbonyl (C=O) groups excluding carboxylic acids is 2. The number of anilines is 1. The van der Waals surface area contributed by atoms with Crippen LogP contribution in [0.2, 0.25) is 0 Å². The maximum Gasteiger partial charge on any atom is 0.357 e. The van der Waals surface area contributed by atoms with E-state index in [-0.39, 0.29) is 5.91 Å². The fourth-order valence-electron chi connectivity index (χ4n) is 1.67. The highest BCUT2D eigenvalue weighted by Crippen LogP contribution is 2.21. The lowest BCUT2D eigenvalue weighted by Crippen LogP contribution is -2.28. The van der Waals surface area contributed by atoms with E-state index in [1.807, 2.05) is 4.90 Å². The zero-order chi connectivity index (χ0) is 13.0. The van der Waals surface area contributed by atoms with Crippen LogP contribution in [0.5, 0.6) is 0 Å². The number of ether oxygens (including phenoxy) is 1. The number of hydrogen-bond acceptors (Lipinski definition) is 6. The molecular formula is C11H15N3O3S. The molecule has 18 heavy (non-hydrogen) atoms. The standard InChI is InChI=1S/C11H15N3O3S/c1-2-17-10(16)8-7-18-11(13-8)14-5-3-9(15)12-4-6-14/h7H,2-6H2,1H3,(H,12,15). The van der Waals surface area contributed by atoms with E-state index in [1.54, 1.807) is 12.3 Å². The van der Waals surface area contributed by atoms with Gasteiger partial charge in [0.25, 0.3) is 0 Å². The summed E-state index contributed by atoms with van der Waals surface area (Å²) in [4.78, 5) is 29.0. The topological polar surface area (TPSA) is 71.5 Å². The van der Waals surface area contributed by atoms with Crippen molar-refractivity contribution in [3.63, 3.8) is 0 Å². The Labute approximate surface area is 109 Å². The molecule has 0 spiro atoms. The summed E-state index contributed by atoms with van der Waals surface area (Å²) in [6.07, 6.45) is 0.453. The largest absolute Gasteiger partial charge is 0.461 e. The maximum atomic E-state index is 11.5. The van der Waals surface area contributed by atoms with Crippen LogP contribution >= 0.6 is 11.3 Å². The van der Waals surface area contributed by atoms with Gasteiger partial charge in [-0.25, -0.2) is 9.78 Å². The van der Waals surface area contributed by atoms with Crippen LogP contribution in [-0.2, 0) is 9.53 Å². The van der Waals surface area contributed by atoms with Crippen molar-refractivity contribution < 1.29 is 14.3 Å². The lowest BCUT2D eigenvalue weighted by molar-refractivity contribution is -0.120. The molecule has 2 rings (SSSR count). The van der Waals surface area contributed by atoms with Gasteiger partial charge in [-0.1, -0.05) is 0 Å². The fourth-order valence-corrected chi connectivity index (χ4v) is 2.52. The number of carbonyl (C=O) groups is 2. The predicted molar refractivity (Wildman–Crippen MR) is 67.9 cm³/mol. The Balaban J connectivity index is 2.04. The van der Waals surface area contributed by atoms with E-state index in [4.69, 9.17) is 4.74 Å². The van der Waals surface area contributed by atoms with Crippen LogP contribution in [0.25, 0.3) is 0 Å². The predicted octanol–water partition coefficient (Wildman–Crippen LogP) is 0.646. The zero-order valence-corrected chi connectivity index (χ0v) is 11.0. The summed E-state index contributed by atoms with van der Waals surface area (Å²) in [6.45, 7) is 4.04. The number of hydrogen-bond donors (Lipinski definition) is 1. The molecule has 1 aliphatic heterocycles. The average Bonchev–Trinajstić information content (AvgIpc) is 2.74. The van der Waals surface area contributed by atoms with E-state index in [0.717, 1.165) is 5.13 Å². The van der Waals surface area contributed by atoms with Crippen molar-refractivity contribution in [2.45, 2.75) is 13.3 Å². The third-order valence-corrected chi connectivity index (χ3v) is 3.46. The van der Waals surface area contributed by atoms with Crippen LogP contribution in [-0.4, -0.2) is 43.1 Å². The lowest BCUT2D eigenvalue weighted by atomic mass is 10.4. The van der Waals surface area contributed by atoms with Crippen LogP contribution in [0.1, 0.15) is 23.8 Å². The quantitative estimate of drug-likeness (QED) is 0.816. The molecule has 0 aromatic carbocycles. The second kappa shape index (κ2) is 5.81. The summed E-state index contributed by atoms with van der Waals surface area (Å²) < 4.78 is 4.89. The number of thiazole rings is 1. The number of nitrogens with zero attached hydrogens (tertiary/aromatic N) is 2. The van der Waals surface area contributed by atoms with Gasteiger partial charge in [0.2, 0.25) is 5.91 Å². The molecule has 0 atom stereocenters. The molecule has 2 heterocycles. The van der Waals surface area contributed by atoms with Crippen LogP contribution in [0, 0.1) is 0 Å². The smallest absolute Gasteiger partial charge is 0.357 e. The molecule has 0 saturated carbocycles. The Morgan fingerprint density at radius 2 is 2.44 bits per heavy atom. The van der Waals surface area contributed by atoms with Crippen LogP contribution in [0.3, 0.4) is 0 Å². The Bertz CT molecular complexity index is 446. The van der Waals surface area contributed by atoms with E-state index in [0.29, 0.717) is 38.4 Å². The molecule has 1 aromatic rings. The molecule has 1 aliphatic rings. The highest BCUT2D eigenvalue weighted by Gasteiger charge is 2.18. The molecule has 0 aliphatic carbocycles. The van der Waals surface area contributed by atoms with Crippen molar-refractivity contribution in [2.75, 3.05) is 31.1 Å². The van der Waals surface area contributed by atoms with E-state index in [2.05, 4.69) is 10.3 Å². The minimum Gasteiger partial charge on any atom is -0.461 e. The van der Waals surface area contributed by atoms with Gasteiger partial charge in [0.15, 0.2) is 10.8 Å². The molecule has 0 radical (unpaired) electrons. The summed E-state index contributed by atoms with van der Waals surface area (Å²) in [7, 11) is 0. The minimum atomic E-state index is -0.399. The minimum absolute atomic E-state index is 0.0553. The molecule has 0 unspecified atom stereocenters. The highest BCUT2D eigenvalue weighted by molar-refractivity contribution is 7.13. The van der Waals surface area contributed by atoms with Gasteiger partial charge in [0, 0.05) is 31.4 Å². The number of amides is 1. The molecule has 98 valence electrons. The first-order chi connectivity index (χ1) is 8.70. The Morgan fingerprint density at radius 3 is 3.22 bits per heavy atom. The van der Waals surface area contributed by atoms with Crippen molar-refractivity contribution in [1.82, 2.24) is 10.3 Å². The summed E-state index contributed by atoms with van der Waals surface area (Å²) in [5, 5.41) is 5.25. The number of nitrogens with one attached hydrogen (secondary N) is 1. The number of aromatic nitrogens is 1. The Hall–Kier alpha value is -1.63. The third-order valence-electron chi connectivity index (χ3n) is 2.56. The van der Waals surface area contributed by atoms with Gasteiger partial charge in [-0.2, -0.15) is 0 Å². The van der Waals surface area contributed by atoms with Crippen LogP contribution in [0.4, 0.5) is 5.13 Å². The number of rotatable bonds is 3. The van der Waals surface area contributed by atoms with Gasteiger partial charge in [0.05, 0.1) is 6.61 Å². The average molecular weight is 269 g/mol. The van der Waals surface area contributed by atoms with Crippen molar-refractivity contribution in [3.8, 4) is 0 Å². The fraction of sp³-hybridized carbons (Fsp3) is 0.545. The lowest BCUT2D eigenvalue weighted by Gasteiger charge is -2.17. The van der Waals surface area contributed by atoms with E-state index in [1.165, 1.54) is 11.3 Å². The van der Waals surface area contributed by atoms with Crippen molar-refractivity contribution >= 4 is 28.3 Å². The first kappa shape index (κ1) is 12.8. The third kappa shape index (κ3) is 2.98. The SMILES string of the molecule is CCOC(=O)c1csc(N2CCNC(=O)CC2)n1. The van der Waals surface area contributed by atoms with Crippen LogP contribution in [0.15, 0.2) is 5.38 Å².